The first-order valence-corrected chi connectivity index (χ1v) is 5.27. The molecule has 0 bridgehead atoms. The molecule has 0 aliphatic heterocycles. The molecule has 1 rings (SSSR count). The van der Waals surface area contributed by atoms with Gasteiger partial charge in [0, 0.05) is 17.6 Å². The van der Waals surface area contributed by atoms with Gasteiger partial charge in [-0.05, 0) is 33.8 Å². The van der Waals surface area contributed by atoms with Crippen molar-refractivity contribution in [2.24, 2.45) is 5.41 Å². The van der Waals surface area contributed by atoms with Crippen molar-refractivity contribution in [2.75, 3.05) is 0 Å². The highest BCUT2D eigenvalue weighted by molar-refractivity contribution is 5.75. The van der Waals surface area contributed by atoms with Gasteiger partial charge in [0.1, 0.15) is 0 Å². The highest BCUT2D eigenvalue weighted by atomic mass is 16.4. The fourth-order valence-corrected chi connectivity index (χ4v) is 1.20. The summed E-state index contributed by atoms with van der Waals surface area (Å²) in [5.74, 6) is -0.808. The van der Waals surface area contributed by atoms with E-state index in [2.05, 4.69) is 5.32 Å². The van der Waals surface area contributed by atoms with Gasteiger partial charge in [0.05, 0.1) is 17.9 Å². The third-order valence-corrected chi connectivity index (χ3v) is 3.41. The Morgan fingerprint density at radius 3 is 2.50 bits per heavy atom. The Hall–Kier alpha value is -1.29. The third kappa shape index (κ3) is 2.44. The number of aliphatic carboxylic acids is 1. The first kappa shape index (κ1) is 12.8. The van der Waals surface area contributed by atoms with Gasteiger partial charge in [-0.2, -0.15) is 0 Å². The Kier molecular flexibility index (Phi) is 3.43. The van der Waals surface area contributed by atoms with E-state index in [0.29, 0.717) is 6.54 Å². The molecule has 16 heavy (non-hydrogen) atoms. The molecule has 4 heteroatoms. The van der Waals surface area contributed by atoms with Crippen LogP contribution >= 0.6 is 0 Å². The smallest absolute Gasteiger partial charge is 0.310 e. The molecule has 0 radical (unpaired) electrons. The summed E-state index contributed by atoms with van der Waals surface area (Å²) in [6.07, 6.45) is 3.25. The van der Waals surface area contributed by atoms with Crippen LogP contribution in [0.4, 0.5) is 0 Å². The molecule has 0 spiro atoms. The summed E-state index contributed by atoms with van der Waals surface area (Å²) >= 11 is 0. The summed E-state index contributed by atoms with van der Waals surface area (Å²) in [5.41, 5.74) is -0.332. The van der Waals surface area contributed by atoms with Crippen LogP contribution in [0.1, 0.15) is 33.3 Å². The van der Waals surface area contributed by atoms with Crippen LogP contribution < -0.4 is 5.32 Å². The summed E-state index contributed by atoms with van der Waals surface area (Å²) in [6, 6.07) is 1.86. The second-order valence-corrected chi connectivity index (χ2v) is 5.04. The van der Waals surface area contributed by atoms with Crippen LogP contribution in [0.25, 0.3) is 0 Å². The average molecular weight is 225 g/mol. The molecular formula is C12H19NO3. The van der Waals surface area contributed by atoms with Gasteiger partial charge in [0.25, 0.3) is 0 Å². The molecule has 0 saturated carbocycles. The normalized spacial score (nSPS) is 12.8. The summed E-state index contributed by atoms with van der Waals surface area (Å²) in [4.78, 5) is 11.2. The van der Waals surface area contributed by atoms with Crippen LogP contribution in [-0.2, 0) is 11.3 Å². The van der Waals surface area contributed by atoms with Gasteiger partial charge < -0.3 is 14.8 Å². The molecule has 1 aromatic rings. The largest absolute Gasteiger partial charge is 0.481 e. The SMILES string of the molecule is CC(C)(NCc1ccoc1)C(C)(C)C(=O)O. The number of carboxylic acid groups (broad SMARTS) is 1. The van der Waals surface area contributed by atoms with Crippen molar-refractivity contribution < 1.29 is 14.3 Å². The second-order valence-electron chi connectivity index (χ2n) is 5.04. The Balaban J connectivity index is 2.68. The van der Waals surface area contributed by atoms with Gasteiger partial charge in [-0.15, -0.1) is 0 Å². The van der Waals surface area contributed by atoms with E-state index in [1.807, 2.05) is 19.9 Å². The molecule has 0 fully saturated rings. The molecule has 0 saturated heterocycles. The van der Waals surface area contributed by atoms with E-state index in [-0.39, 0.29) is 0 Å². The van der Waals surface area contributed by atoms with Crippen LogP contribution in [0.2, 0.25) is 0 Å². The van der Waals surface area contributed by atoms with Crippen LogP contribution in [0.15, 0.2) is 23.0 Å². The predicted molar refractivity (Wildman–Crippen MR) is 61.0 cm³/mol. The lowest BCUT2D eigenvalue weighted by Gasteiger charge is -2.39. The molecule has 1 aromatic heterocycles. The molecule has 0 unspecified atom stereocenters. The first-order valence-electron chi connectivity index (χ1n) is 5.27. The average Bonchev–Trinajstić information content (AvgIpc) is 2.66. The van der Waals surface area contributed by atoms with E-state index in [1.165, 1.54) is 0 Å². The number of rotatable bonds is 5. The van der Waals surface area contributed by atoms with E-state index >= 15 is 0 Å². The Bertz CT molecular complexity index is 352. The minimum Gasteiger partial charge on any atom is -0.481 e. The summed E-state index contributed by atoms with van der Waals surface area (Å²) < 4.78 is 4.96. The quantitative estimate of drug-likeness (QED) is 0.806. The number of furan rings is 1. The van der Waals surface area contributed by atoms with Crippen molar-refractivity contribution in [2.45, 2.75) is 39.8 Å². The van der Waals surface area contributed by atoms with Crippen LogP contribution in [0.5, 0.6) is 0 Å². The minimum atomic E-state index is -0.837. The molecule has 0 amide bonds. The molecule has 0 atom stereocenters. The second kappa shape index (κ2) is 4.29. The maximum Gasteiger partial charge on any atom is 0.310 e. The Labute approximate surface area is 95.7 Å². The van der Waals surface area contributed by atoms with Crippen molar-refractivity contribution in [3.8, 4) is 0 Å². The van der Waals surface area contributed by atoms with E-state index in [1.54, 1.807) is 26.4 Å². The van der Waals surface area contributed by atoms with Crippen molar-refractivity contribution in [1.82, 2.24) is 5.32 Å². The van der Waals surface area contributed by atoms with Crippen LogP contribution in [0.3, 0.4) is 0 Å². The van der Waals surface area contributed by atoms with E-state index in [9.17, 15) is 9.90 Å². The van der Waals surface area contributed by atoms with Gasteiger partial charge in [0.15, 0.2) is 0 Å². The molecule has 0 aliphatic carbocycles. The topological polar surface area (TPSA) is 62.5 Å². The van der Waals surface area contributed by atoms with Crippen molar-refractivity contribution in [3.05, 3.63) is 24.2 Å². The minimum absolute atomic E-state index is 0.504. The first-order chi connectivity index (χ1) is 7.27. The summed E-state index contributed by atoms with van der Waals surface area (Å²) in [7, 11) is 0. The highest BCUT2D eigenvalue weighted by Crippen LogP contribution is 2.30. The molecule has 90 valence electrons. The van der Waals surface area contributed by atoms with Gasteiger partial charge in [0.2, 0.25) is 0 Å². The predicted octanol–water partition coefficient (Wildman–Crippen LogP) is 2.26. The van der Waals surface area contributed by atoms with Gasteiger partial charge in [-0.3, -0.25) is 4.79 Å². The zero-order chi connectivity index (χ0) is 12.4. The maximum atomic E-state index is 11.2. The number of carboxylic acids is 1. The molecule has 4 nitrogen and oxygen atoms in total. The fraction of sp³-hybridized carbons (Fsp3) is 0.583. The lowest BCUT2D eigenvalue weighted by molar-refractivity contribution is -0.151. The number of nitrogens with one attached hydrogen (secondary N) is 1. The molecular weight excluding hydrogens is 206 g/mol. The molecule has 1 heterocycles. The highest BCUT2D eigenvalue weighted by Gasteiger charge is 2.42. The Morgan fingerprint density at radius 2 is 2.06 bits per heavy atom. The van der Waals surface area contributed by atoms with E-state index in [4.69, 9.17) is 4.42 Å². The third-order valence-electron chi connectivity index (χ3n) is 3.41. The Morgan fingerprint density at radius 1 is 1.44 bits per heavy atom. The zero-order valence-electron chi connectivity index (χ0n) is 10.2. The van der Waals surface area contributed by atoms with E-state index in [0.717, 1.165) is 5.56 Å². The van der Waals surface area contributed by atoms with Crippen molar-refractivity contribution >= 4 is 5.97 Å². The summed E-state index contributed by atoms with van der Waals surface area (Å²) in [6.45, 7) is 7.82. The molecule has 0 aliphatic rings. The molecule has 0 aromatic carbocycles. The fourth-order valence-electron chi connectivity index (χ4n) is 1.20. The monoisotopic (exact) mass is 225 g/mol. The van der Waals surface area contributed by atoms with Crippen LogP contribution in [-0.4, -0.2) is 16.6 Å². The zero-order valence-corrected chi connectivity index (χ0v) is 10.2. The van der Waals surface area contributed by atoms with Crippen LogP contribution in [0, 0.1) is 5.41 Å². The van der Waals surface area contributed by atoms with E-state index < -0.39 is 16.9 Å². The lowest BCUT2D eigenvalue weighted by atomic mass is 9.74. The van der Waals surface area contributed by atoms with Crippen molar-refractivity contribution in [1.29, 1.82) is 0 Å². The standard InChI is InChI=1S/C12H19NO3/c1-11(2,10(14)15)12(3,4)13-7-9-5-6-16-8-9/h5-6,8,13H,7H2,1-4H3,(H,14,15). The van der Waals surface area contributed by atoms with Gasteiger partial charge >= 0.3 is 5.97 Å². The number of hydrogen-bond donors (Lipinski definition) is 2. The van der Waals surface area contributed by atoms with Crippen molar-refractivity contribution in [3.63, 3.8) is 0 Å². The lowest BCUT2D eigenvalue weighted by Crippen LogP contribution is -2.54. The number of hydrogen-bond acceptors (Lipinski definition) is 3. The van der Waals surface area contributed by atoms with Gasteiger partial charge in [-0.1, -0.05) is 0 Å². The summed E-state index contributed by atoms with van der Waals surface area (Å²) in [5, 5.41) is 12.4. The number of carbonyl (C=O) groups is 1. The molecule has 2 N–H and O–H groups in total. The maximum absolute atomic E-state index is 11.2. The van der Waals surface area contributed by atoms with Gasteiger partial charge in [-0.25, -0.2) is 0 Å².